The van der Waals surface area contributed by atoms with Gasteiger partial charge in [-0.25, -0.2) is 0 Å². The Labute approximate surface area is 141 Å². The van der Waals surface area contributed by atoms with Crippen LogP contribution in [0, 0.1) is 0 Å². The molecule has 122 valence electrons. The highest BCUT2D eigenvalue weighted by atomic mass is 79.9. The average molecular weight is 391 g/mol. The van der Waals surface area contributed by atoms with Gasteiger partial charge in [0.1, 0.15) is 0 Å². The molecule has 6 nitrogen and oxygen atoms in total. The quantitative estimate of drug-likeness (QED) is 0.747. The summed E-state index contributed by atoms with van der Waals surface area (Å²) in [7, 11) is 1.56. The number of hydrogen-bond acceptors (Lipinski definition) is 4. The van der Waals surface area contributed by atoms with Crippen LogP contribution in [-0.2, 0) is 9.59 Å². The minimum atomic E-state index is -0.905. The molecule has 0 fully saturated rings. The third-order valence-electron chi connectivity index (χ3n) is 2.95. The zero-order chi connectivity index (χ0) is 16.9. The number of amides is 2. The molecular formula is C14H19BrN2O4S. The van der Waals surface area contributed by atoms with E-state index >= 15 is 0 Å². The number of carboxylic acids is 1. The van der Waals surface area contributed by atoms with Crippen LogP contribution < -0.4 is 5.32 Å². The van der Waals surface area contributed by atoms with Gasteiger partial charge in [-0.1, -0.05) is 0 Å². The Hall–Kier alpha value is -1.41. The Balaban J connectivity index is 2.53. The van der Waals surface area contributed by atoms with Gasteiger partial charge in [0, 0.05) is 19.0 Å². The molecule has 0 bridgehead atoms. The smallest absolute Gasteiger partial charge is 0.303 e. The summed E-state index contributed by atoms with van der Waals surface area (Å²) in [5.41, 5.74) is -0.634. The summed E-state index contributed by atoms with van der Waals surface area (Å²) < 4.78 is 0.850. The van der Waals surface area contributed by atoms with E-state index in [4.69, 9.17) is 5.11 Å². The first kappa shape index (κ1) is 18.6. The topological polar surface area (TPSA) is 86.7 Å². The van der Waals surface area contributed by atoms with Gasteiger partial charge in [-0.05, 0) is 48.3 Å². The van der Waals surface area contributed by atoms with Gasteiger partial charge < -0.3 is 15.3 Å². The molecule has 1 aromatic rings. The van der Waals surface area contributed by atoms with Crippen molar-refractivity contribution in [2.24, 2.45) is 0 Å². The Morgan fingerprint density at radius 1 is 1.36 bits per heavy atom. The van der Waals surface area contributed by atoms with E-state index in [1.807, 2.05) is 0 Å². The van der Waals surface area contributed by atoms with E-state index in [-0.39, 0.29) is 24.8 Å². The van der Waals surface area contributed by atoms with Crippen molar-refractivity contribution in [1.82, 2.24) is 10.2 Å². The molecule has 0 aliphatic carbocycles. The van der Waals surface area contributed by atoms with Crippen molar-refractivity contribution in [2.75, 3.05) is 13.6 Å². The molecule has 22 heavy (non-hydrogen) atoms. The van der Waals surface area contributed by atoms with Crippen LogP contribution in [0.15, 0.2) is 15.9 Å². The molecule has 8 heteroatoms. The first-order chi connectivity index (χ1) is 10.1. The number of halogens is 1. The number of aliphatic carboxylic acids is 1. The minimum absolute atomic E-state index is 0.0225. The Morgan fingerprint density at radius 2 is 2.00 bits per heavy atom. The van der Waals surface area contributed by atoms with Gasteiger partial charge >= 0.3 is 5.97 Å². The second-order valence-corrected chi connectivity index (χ2v) is 8.05. The SMILES string of the molecule is CN(CC(=O)NC(C)(C)CCC(=O)O)C(=O)c1ccc(Br)s1. The van der Waals surface area contributed by atoms with Gasteiger partial charge in [-0.3, -0.25) is 14.4 Å². The molecule has 0 saturated carbocycles. The first-order valence-corrected chi connectivity index (χ1v) is 8.25. The lowest BCUT2D eigenvalue weighted by molar-refractivity contribution is -0.137. The second-order valence-electron chi connectivity index (χ2n) is 5.59. The number of rotatable bonds is 7. The maximum Gasteiger partial charge on any atom is 0.303 e. The van der Waals surface area contributed by atoms with Gasteiger partial charge in [-0.2, -0.15) is 0 Å². The summed E-state index contributed by atoms with van der Waals surface area (Å²) in [6, 6.07) is 3.48. The van der Waals surface area contributed by atoms with Gasteiger partial charge in [0.2, 0.25) is 5.91 Å². The molecule has 1 rings (SSSR count). The van der Waals surface area contributed by atoms with Crippen LogP contribution >= 0.6 is 27.3 Å². The highest BCUT2D eigenvalue weighted by molar-refractivity contribution is 9.11. The van der Waals surface area contributed by atoms with E-state index < -0.39 is 11.5 Å². The number of likely N-dealkylation sites (N-methyl/N-ethyl adjacent to an activating group) is 1. The summed E-state index contributed by atoms with van der Waals surface area (Å²) in [5, 5.41) is 11.4. The lowest BCUT2D eigenvalue weighted by atomic mass is 9.98. The van der Waals surface area contributed by atoms with Gasteiger partial charge in [0.25, 0.3) is 5.91 Å². The van der Waals surface area contributed by atoms with Crippen LogP contribution in [0.25, 0.3) is 0 Å². The predicted octanol–water partition coefficient (Wildman–Crippen LogP) is 2.34. The molecule has 2 N–H and O–H groups in total. The van der Waals surface area contributed by atoms with E-state index in [0.717, 1.165) is 3.79 Å². The number of carbonyl (C=O) groups excluding carboxylic acids is 2. The van der Waals surface area contributed by atoms with Crippen LogP contribution in [0.1, 0.15) is 36.4 Å². The van der Waals surface area contributed by atoms with E-state index in [2.05, 4.69) is 21.2 Å². The summed E-state index contributed by atoms with van der Waals surface area (Å²) in [5.74, 6) is -1.45. The fourth-order valence-corrected chi connectivity index (χ4v) is 3.18. The van der Waals surface area contributed by atoms with E-state index in [1.54, 1.807) is 33.0 Å². The summed E-state index contributed by atoms with van der Waals surface area (Å²) >= 11 is 4.59. The van der Waals surface area contributed by atoms with Crippen molar-refractivity contribution in [3.8, 4) is 0 Å². The first-order valence-electron chi connectivity index (χ1n) is 6.64. The Bertz CT molecular complexity index is 571. The maximum absolute atomic E-state index is 12.1. The van der Waals surface area contributed by atoms with Crippen molar-refractivity contribution in [3.05, 3.63) is 20.8 Å². The largest absolute Gasteiger partial charge is 0.481 e. The Morgan fingerprint density at radius 3 is 2.50 bits per heavy atom. The van der Waals surface area contributed by atoms with E-state index in [1.165, 1.54) is 16.2 Å². The molecule has 1 aromatic heterocycles. The Kier molecular flexibility index (Phi) is 6.55. The van der Waals surface area contributed by atoms with Gasteiger partial charge in [-0.15, -0.1) is 11.3 Å². The van der Waals surface area contributed by atoms with Gasteiger partial charge in [0.05, 0.1) is 15.2 Å². The third kappa shape index (κ3) is 6.15. The molecule has 0 unspecified atom stereocenters. The maximum atomic E-state index is 12.1. The zero-order valence-corrected chi connectivity index (χ0v) is 15.1. The summed E-state index contributed by atoms with van der Waals surface area (Å²) in [6.45, 7) is 3.43. The normalized spacial score (nSPS) is 11.1. The number of nitrogens with one attached hydrogen (secondary N) is 1. The van der Waals surface area contributed by atoms with Crippen molar-refractivity contribution < 1.29 is 19.5 Å². The monoisotopic (exact) mass is 390 g/mol. The van der Waals surface area contributed by atoms with Crippen LogP contribution in [0.3, 0.4) is 0 Å². The predicted molar refractivity (Wildman–Crippen MR) is 88.1 cm³/mol. The van der Waals surface area contributed by atoms with Gasteiger partial charge in [0.15, 0.2) is 0 Å². The number of thiophene rings is 1. The molecule has 0 aromatic carbocycles. The fraction of sp³-hybridized carbons (Fsp3) is 0.500. The highest BCUT2D eigenvalue weighted by Gasteiger charge is 2.23. The number of carboxylic acid groups (broad SMARTS) is 1. The van der Waals surface area contributed by atoms with Crippen molar-refractivity contribution in [2.45, 2.75) is 32.2 Å². The molecule has 0 spiro atoms. The van der Waals surface area contributed by atoms with Crippen LogP contribution in [-0.4, -0.2) is 46.9 Å². The third-order valence-corrected chi connectivity index (χ3v) is 4.56. The number of nitrogens with zero attached hydrogens (tertiary/aromatic N) is 1. The zero-order valence-electron chi connectivity index (χ0n) is 12.7. The van der Waals surface area contributed by atoms with E-state index in [9.17, 15) is 14.4 Å². The molecule has 0 aliphatic heterocycles. The number of hydrogen-bond donors (Lipinski definition) is 2. The summed E-state index contributed by atoms with van der Waals surface area (Å²) in [6.07, 6.45) is 0.300. The van der Waals surface area contributed by atoms with Crippen LogP contribution in [0.5, 0.6) is 0 Å². The molecule has 0 atom stereocenters. The lowest BCUT2D eigenvalue weighted by Crippen LogP contribution is -2.48. The number of carbonyl (C=O) groups is 3. The second kappa shape index (κ2) is 7.73. The summed E-state index contributed by atoms with van der Waals surface area (Å²) in [4.78, 5) is 36.6. The molecular weight excluding hydrogens is 372 g/mol. The molecule has 0 saturated heterocycles. The highest BCUT2D eigenvalue weighted by Crippen LogP contribution is 2.23. The van der Waals surface area contributed by atoms with Crippen molar-refractivity contribution in [3.63, 3.8) is 0 Å². The minimum Gasteiger partial charge on any atom is -0.481 e. The molecule has 2 amide bonds. The van der Waals surface area contributed by atoms with Crippen LogP contribution in [0.2, 0.25) is 0 Å². The van der Waals surface area contributed by atoms with Crippen molar-refractivity contribution in [1.29, 1.82) is 0 Å². The molecule has 1 heterocycles. The van der Waals surface area contributed by atoms with E-state index in [0.29, 0.717) is 11.3 Å². The molecule has 0 aliphatic rings. The molecule has 0 radical (unpaired) electrons. The van der Waals surface area contributed by atoms with Crippen LogP contribution in [0.4, 0.5) is 0 Å². The lowest BCUT2D eigenvalue weighted by Gasteiger charge is -2.27. The van der Waals surface area contributed by atoms with Crippen molar-refractivity contribution >= 4 is 45.1 Å². The average Bonchev–Trinajstić information content (AvgIpc) is 2.81. The standard InChI is InChI=1S/C14H19BrN2O4S/c1-14(2,7-6-12(19)20)16-11(18)8-17(3)13(21)9-4-5-10(15)22-9/h4-5H,6-8H2,1-3H3,(H,16,18)(H,19,20). The fourth-order valence-electron chi connectivity index (χ4n) is 1.80.